The summed E-state index contributed by atoms with van der Waals surface area (Å²) in [6.07, 6.45) is 3.61. The lowest BCUT2D eigenvalue weighted by molar-refractivity contribution is -0.126. The van der Waals surface area contributed by atoms with Crippen molar-refractivity contribution in [1.29, 1.82) is 0 Å². The topological polar surface area (TPSA) is 52.6 Å². The molecular formula is C20H27N3O2. The molecule has 0 radical (unpaired) electrons. The lowest BCUT2D eigenvalue weighted by Crippen LogP contribution is -2.44. The van der Waals surface area contributed by atoms with Crippen molar-refractivity contribution in [2.75, 3.05) is 39.8 Å². The molecule has 0 aromatic heterocycles. The molecule has 3 fully saturated rings. The number of nitrogens with zero attached hydrogens (tertiary/aromatic N) is 2. The molecule has 0 aliphatic carbocycles. The predicted octanol–water partition coefficient (Wildman–Crippen LogP) is 1.85. The highest BCUT2D eigenvalue weighted by molar-refractivity contribution is 5.96. The standard InChI is InChI=1S/C20H27N3O2/c1-22-14-20(12-18(22)24)7-10-23(11-8-20)19(25)17-5-3-2-4-16(17)15-6-9-21-13-15/h2-5,15,21H,6-14H2,1H3/t15-/m0/s1. The highest BCUT2D eigenvalue weighted by Crippen LogP contribution is 2.40. The second-order valence-electron chi connectivity index (χ2n) is 8.00. The molecule has 25 heavy (non-hydrogen) atoms. The van der Waals surface area contributed by atoms with Crippen LogP contribution in [0.4, 0.5) is 0 Å². The first-order valence-electron chi connectivity index (χ1n) is 9.41. The van der Waals surface area contributed by atoms with Gasteiger partial charge >= 0.3 is 0 Å². The molecule has 4 rings (SSSR count). The number of hydrogen-bond acceptors (Lipinski definition) is 3. The van der Waals surface area contributed by atoms with Crippen LogP contribution in [0.5, 0.6) is 0 Å². The average Bonchev–Trinajstić information content (AvgIpc) is 3.24. The third-order valence-electron chi connectivity index (χ3n) is 6.33. The van der Waals surface area contributed by atoms with E-state index in [1.165, 1.54) is 5.56 Å². The summed E-state index contributed by atoms with van der Waals surface area (Å²) in [7, 11) is 1.89. The highest BCUT2D eigenvalue weighted by atomic mass is 16.2. The minimum absolute atomic E-state index is 0.0947. The number of likely N-dealkylation sites (tertiary alicyclic amines) is 2. The molecule has 5 heteroatoms. The number of nitrogens with one attached hydrogen (secondary N) is 1. The summed E-state index contributed by atoms with van der Waals surface area (Å²) in [5.74, 6) is 0.853. The minimum atomic E-state index is 0.0947. The molecule has 0 saturated carbocycles. The first-order valence-corrected chi connectivity index (χ1v) is 9.41. The van der Waals surface area contributed by atoms with Gasteiger partial charge in [-0.25, -0.2) is 0 Å². The van der Waals surface area contributed by atoms with E-state index in [0.717, 1.165) is 57.5 Å². The van der Waals surface area contributed by atoms with Crippen LogP contribution in [0.1, 0.15) is 47.5 Å². The van der Waals surface area contributed by atoms with Crippen LogP contribution in [0.25, 0.3) is 0 Å². The van der Waals surface area contributed by atoms with Crippen LogP contribution in [-0.4, -0.2) is 61.4 Å². The van der Waals surface area contributed by atoms with Crippen LogP contribution in [0, 0.1) is 5.41 Å². The summed E-state index contributed by atoms with van der Waals surface area (Å²) in [6.45, 7) is 4.36. The fourth-order valence-electron chi connectivity index (χ4n) is 4.76. The number of amides is 2. The van der Waals surface area contributed by atoms with Gasteiger partial charge in [0.2, 0.25) is 5.91 Å². The smallest absolute Gasteiger partial charge is 0.254 e. The first-order chi connectivity index (χ1) is 12.1. The number of benzene rings is 1. The summed E-state index contributed by atoms with van der Waals surface area (Å²) >= 11 is 0. The van der Waals surface area contributed by atoms with Crippen molar-refractivity contribution in [1.82, 2.24) is 15.1 Å². The zero-order chi connectivity index (χ0) is 17.4. The molecule has 5 nitrogen and oxygen atoms in total. The van der Waals surface area contributed by atoms with Gasteiger partial charge in [-0.15, -0.1) is 0 Å². The van der Waals surface area contributed by atoms with Crippen LogP contribution >= 0.6 is 0 Å². The van der Waals surface area contributed by atoms with Crippen LogP contribution in [0.2, 0.25) is 0 Å². The van der Waals surface area contributed by atoms with Crippen LogP contribution in [-0.2, 0) is 4.79 Å². The van der Waals surface area contributed by atoms with E-state index in [2.05, 4.69) is 11.4 Å². The zero-order valence-corrected chi connectivity index (χ0v) is 15.0. The van der Waals surface area contributed by atoms with E-state index in [9.17, 15) is 9.59 Å². The number of hydrogen-bond donors (Lipinski definition) is 1. The molecule has 3 saturated heterocycles. The summed E-state index contributed by atoms with van der Waals surface area (Å²) in [5.41, 5.74) is 2.15. The van der Waals surface area contributed by atoms with Crippen molar-refractivity contribution < 1.29 is 9.59 Å². The third kappa shape index (κ3) is 3.06. The SMILES string of the molecule is CN1CC2(CCN(C(=O)c3ccccc3[C@H]3CCNC3)CC2)CC1=O. The van der Waals surface area contributed by atoms with Gasteiger partial charge in [0, 0.05) is 50.6 Å². The molecule has 2 amide bonds. The lowest BCUT2D eigenvalue weighted by Gasteiger charge is -2.39. The minimum Gasteiger partial charge on any atom is -0.345 e. The maximum absolute atomic E-state index is 13.1. The number of carbonyl (C=O) groups is 2. The van der Waals surface area contributed by atoms with E-state index in [1.54, 1.807) is 0 Å². The second-order valence-corrected chi connectivity index (χ2v) is 8.00. The van der Waals surface area contributed by atoms with Crippen LogP contribution in [0.3, 0.4) is 0 Å². The molecule has 134 valence electrons. The molecule has 0 bridgehead atoms. The Balaban J connectivity index is 1.47. The molecule has 3 heterocycles. The summed E-state index contributed by atoms with van der Waals surface area (Å²) in [5, 5.41) is 3.40. The molecular weight excluding hydrogens is 314 g/mol. The van der Waals surface area contributed by atoms with Crippen molar-refractivity contribution in [3.63, 3.8) is 0 Å². The molecule has 1 aromatic carbocycles. The molecule has 1 aromatic rings. The number of piperidine rings is 1. The van der Waals surface area contributed by atoms with Gasteiger partial charge in [0.25, 0.3) is 5.91 Å². The van der Waals surface area contributed by atoms with E-state index in [-0.39, 0.29) is 17.2 Å². The molecule has 1 atom stereocenters. The van der Waals surface area contributed by atoms with Gasteiger partial charge in [0.15, 0.2) is 0 Å². The Morgan fingerprint density at radius 3 is 2.64 bits per heavy atom. The Hall–Kier alpha value is -1.88. The van der Waals surface area contributed by atoms with Gasteiger partial charge in [-0.2, -0.15) is 0 Å². The van der Waals surface area contributed by atoms with Gasteiger partial charge in [-0.3, -0.25) is 9.59 Å². The van der Waals surface area contributed by atoms with Crippen molar-refractivity contribution in [2.45, 2.75) is 31.6 Å². The van der Waals surface area contributed by atoms with E-state index < -0.39 is 0 Å². The van der Waals surface area contributed by atoms with Crippen molar-refractivity contribution >= 4 is 11.8 Å². The Morgan fingerprint density at radius 2 is 2.00 bits per heavy atom. The maximum Gasteiger partial charge on any atom is 0.254 e. The molecule has 3 aliphatic rings. The van der Waals surface area contributed by atoms with Crippen LogP contribution in [0.15, 0.2) is 24.3 Å². The van der Waals surface area contributed by atoms with Gasteiger partial charge in [0.1, 0.15) is 0 Å². The Bertz CT molecular complexity index is 673. The van der Waals surface area contributed by atoms with Gasteiger partial charge in [-0.1, -0.05) is 18.2 Å². The van der Waals surface area contributed by atoms with Crippen LogP contribution < -0.4 is 5.32 Å². The quantitative estimate of drug-likeness (QED) is 0.893. The monoisotopic (exact) mass is 341 g/mol. The van der Waals surface area contributed by atoms with E-state index in [4.69, 9.17) is 0 Å². The van der Waals surface area contributed by atoms with E-state index in [1.807, 2.05) is 35.0 Å². The Labute approximate surface area is 149 Å². The fourth-order valence-corrected chi connectivity index (χ4v) is 4.76. The normalized spacial score (nSPS) is 25.8. The Morgan fingerprint density at radius 1 is 1.24 bits per heavy atom. The zero-order valence-electron chi connectivity index (χ0n) is 15.0. The first kappa shape index (κ1) is 16.6. The molecule has 0 unspecified atom stereocenters. The highest BCUT2D eigenvalue weighted by Gasteiger charge is 2.44. The third-order valence-corrected chi connectivity index (χ3v) is 6.33. The molecule has 1 spiro atoms. The maximum atomic E-state index is 13.1. The average molecular weight is 341 g/mol. The second kappa shape index (κ2) is 6.45. The largest absolute Gasteiger partial charge is 0.345 e. The van der Waals surface area contributed by atoms with Crippen molar-refractivity contribution in [3.05, 3.63) is 35.4 Å². The molecule has 1 N–H and O–H groups in total. The molecule has 3 aliphatic heterocycles. The van der Waals surface area contributed by atoms with E-state index in [0.29, 0.717) is 12.3 Å². The number of carbonyl (C=O) groups excluding carboxylic acids is 2. The number of rotatable bonds is 2. The summed E-state index contributed by atoms with van der Waals surface area (Å²) < 4.78 is 0. The fraction of sp³-hybridized carbons (Fsp3) is 0.600. The predicted molar refractivity (Wildman–Crippen MR) is 96.5 cm³/mol. The summed E-state index contributed by atoms with van der Waals surface area (Å²) in [4.78, 5) is 28.9. The van der Waals surface area contributed by atoms with E-state index >= 15 is 0 Å². The summed E-state index contributed by atoms with van der Waals surface area (Å²) in [6, 6.07) is 8.10. The lowest BCUT2D eigenvalue weighted by atomic mass is 9.77. The van der Waals surface area contributed by atoms with Gasteiger partial charge in [-0.05, 0) is 43.4 Å². The van der Waals surface area contributed by atoms with Crippen molar-refractivity contribution in [2.24, 2.45) is 5.41 Å². The van der Waals surface area contributed by atoms with Crippen molar-refractivity contribution in [3.8, 4) is 0 Å². The van der Waals surface area contributed by atoms with Gasteiger partial charge < -0.3 is 15.1 Å². The Kier molecular flexibility index (Phi) is 4.28. The van der Waals surface area contributed by atoms with Gasteiger partial charge in [0.05, 0.1) is 0 Å².